The van der Waals surface area contributed by atoms with Crippen LogP contribution in [-0.2, 0) is 4.74 Å². The van der Waals surface area contributed by atoms with Crippen molar-refractivity contribution in [3.05, 3.63) is 18.0 Å². The van der Waals surface area contributed by atoms with E-state index in [2.05, 4.69) is 26.1 Å². The Morgan fingerprint density at radius 3 is 2.92 bits per heavy atom. The van der Waals surface area contributed by atoms with Gasteiger partial charge in [0, 0.05) is 6.20 Å². The largest absolute Gasteiger partial charge is 0.460 e. The number of aromatic amines is 1. The molecule has 0 aliphatic carbocycles. The lowest BCUT2D eigenvalue weighted by Gasteiger charge is -2.15. The number of ether oxygens (including phenoxy) is 1. The second-order valence-electron chi connectivity index (χ2n) is 3.27. The minimum Gasteiger partial charge on any atom is -0.460 e. The predicted molar refractivity (Wildman–Crippen MR) is 51.9 cm³/mol. The summed E-state index contributed by atoms with van der Waals surface area (Å²) in [5, 5.41) is 6.18. The van der Waals surface area contributed by atoms with Gasteiger partial charge in [0.2, 0.25) is 0 Å². The first kappa shape index (κ1) is 10.2. The van der Waals surface area contributed by atoms with E-state index in [1.165, 1.54) is 6.20 Å². The molecule has 1 aromatic rings. The first-order valence-corrected chi connectivity index (χ1v) is 4.64. The van der Waals surface area contributed by atoms with Gasteiger partial charge in [-0.2, -0.15) is 5.10 Å². The lowest BCUT2D eigenvalue weighted by Crippen LogP contribution is -2.21. The van der Waals surface area contributed by atoms with Crippen LogP contribution in [0.4, 0.5) is 0 Å². The van der Waals surface area contributed by atoms with Gasteiger partial charge >= 0.3 is 5.97 Å². The van der Waals surface area contributed by atoms with Crippen molar-refractivity contribution < 1.29 is 9.53 Å². The van der Waals surface area contributed by atoms with E-state index < -0.39 is 0 Å². The molecule has 0 fully saturated rings. The van der Waals surface area contributed by atoms with Crippen molar-refractivity contribution in [1.29, 1.82) is 0 Å². The van der Waals surface area contributed by atoms with Crippen LogP contribution in [0.5, 0.6) is 0 Å². The van der Waals surface area contributed by atoms with Crippen LogP contribution in [0, 0.1) is 0 Å². The van der Waals surface area contributed by atoms with E-state index in [-0.39, 0.29) is 10.3 Å². The molecule has 0 aliphatic rings. The topological polar surface area (TPSA) is 55.0 Å². The Balaban J connectivity index is 2.44. The summed E-state index contributed by atoms with van der Waals surface area (Å²) in [7, 11) is 0. The van der Waals surface area contributed by atoms with Crippen molar-refractivity contribution in [2.45, 2.75) is 18.2 Å². The smallest absolute Gasteiger partial charge is 0.356 e. The number of carbonyl (C=O) groups is 1. The molecule has 1 rings (SSSR count). The fourth-order valence-corrected chi connectivity index (χ4v) is 0.799. The maximum atomic E-state index is 11.2. The number of nitrogens with one attached hydrogen (secondary N) is 1. The van der Waals surface area contributed by atoms with E-state index >= 15 is 0 Å². The van der Waals surface area contributed by atoms with Crippen LogP contribution in [0.3, 0.4) is 0 Å². The molecule has 0 amide bonds. The Hall–Kier alpha value is -0.840. The average Bonchev–Trinajstić information content (AvgIpc) is 2.50. The van der Waals surface area contributed by atoms with Crippen molar-refractivity contribution in [2.75, 3.05) is 6.61 Å². The van der Waals surface area contributed by atoms with Crippen LogP contribution < -0.4 is 0 Å². The highest BCUT2D eigenvalue weighted by atomic mass is 79.9. The zero-order valence-corrected chi connectivity index (χ0v) is 9.09. The molecule has 1 heterocycles. The Morgan fingerprint density at radius 1 is 1.77 bits per heavy atom. The highest BCUT2D eigenvalue weighted by Gasteiger charge is 2.17. The van der Waals surface area contributed by atoms with Crippen LogP contribution in [0.2, 0.25) is 0 Å². The van der Waals surface area contributed by atoms with E-state index in [9.17, 15) is 4.79 Å². The van der Waals surface area contributed by atoms with Crippen LogP contribution in [0.15, 0.2) is 12.3 Å². The molecule has 1 aromatic heterocycles. The quantitative estimate of drug-likeness (QED) is 0.653. The van der Waals surface area contributed by atoms with Gasteiger partial charge in [0.25, 0.3) is 0 Å². The lowest BCUT2D eigenvalue weighted by atomic mass is 10.2. The fourth-order valence-electron chi connectivity index (χ4n) is 0.684. The number of hydrogen-bond donors (Lipinski definition) is 1. The van der Waals surface area contributed by atoms with E-state index in [4.69, 9.17) is 4.74 Å². The van der Waals surface area contributed by atoms with Gasteiger partial charge in [-0.15, -0.1) is 0 Å². The van der Waals surface area contributed by atoms with E-state index in [0.29, 0.717) is 12.3 Å². The van der Waals surface area contributed by atoms with Crippen molar-refractivity contribution >= 4 is 21.9 Å². The fraction of sp³-hybridized carbons (Fsp3) is 0.500. The molecule has 72 valence electrons. The van der Waals surface area contributed by atoms with Gasteiger partial charge in [-0.3, -0.25) is 5.10 Å². The number of nitrogens with zero attached hydrogens (tertiary/aromatic N) is 1. The van der Waals surface area contributed by atoms with Gasteiger partial charge in [-0.1, -0.05) is 15.9 Å². The molecule has 0 bridgehead atoms. The Labute approximate surface area is 84.8 Å². The number of halogens is 1. The van der Waals surface area contributed by atoms with Gasteiger partial charge in [0.1, 0.15) is 12.3 Å². The number of aromatic nitrogens is 2. The Morgan fingerprint density at radius 2 is 2.46 bits per heavy atom. The molecule has 0 saturated carbocycles. The maximum Gasteiger partial charge on any atom is 0.356 e. The Kier molecular flexibility index (Phi) is 3.08. The van der Waals surface area contributed by atoms with Gasteiger partial charge in [-0.25, -0.2) is 4.79 Å². The first-order chi connectivity index (χ1) is 5.99. The molecule has 0 atom stereocenters. The van der Waals surface area contributed by atoms with Crippen LogP contribution in [-0.4, -0.2) is 27.1 Å². The molecule has 4 nitrogen and oxygen atoms in total. The van der Waals surface area contributed by atoms with E-state index in [1.807, 2.05) is 13.8 Å². The predicted octanol–water partition coefficient (Wildman–Crippen LogP) is 1.74. The number of esters is 1. The zero-order valence-electron chi connectivity index (χ0n) is 7.50. The van der Waals surface area contributed by atoms with Crippen molar-refractivity contribution in [3.8, 4) is 0 Å². The second kappa shape index (κ2) is 3.91. The minimum absolute atomic E-state index is 0.192. The average molecular weight is 247 g/mol. The normalized spacial score (nSPS) is 11.3. The molecular weight excluding hydrogens is 236 g/mol. The summed E-state index contributed by atoms with van der Waals surface area (Å²) in [6.45, 7) is 4.17. The monoisotopic (exact) mass is 246 g/mol. The summed E-state index contributed by atoms with van der Waals surface area (Å²) >= 11 is 3.37. The zero-order chi connectivity index (χ0) is 9.90. The summed E-state index contributed by atoms with van der Waals surface area (Å²) in [5.74, 6) is -0.384. The van der Waals surface area contributed by atoms with Crippen LogP contribution in [0.25, 0.3) is 0 Å². The third kappa shape index (κ3) is 3.59. The van der Waals surface area contributed by atoms with E-state index in [0.717, 1.165) is 0 Å². The van der Waals surface area contributed by atoms with Crippen LogP contribution >= 0.6 is 15.9 Å². The first-order valence-electron chi connectivity index (χ1n) is 3.84. The summed E-state index contributed by atoms with van der Waals surface area (Å²) in [6, 6.07) is 1.57. The highest BCUT2D eigenvalue weighted by molar-refractivity contribution is 9.10. The summed E-state index contributed by atoms with van der Waals surface area (Å²) in [5.41, 5.74) is 0.372. The molecule has 1 N–H and O–H groups in total. The number of alkyl halides is 1. The molecule has 0 radical (unpaired) electrons. The SMILES string of the molecule is CC(C)(Br)COC(=O)c1ccn[nH]1. The lowest BCUT2D eigenvalue weighted by molar-refractivity contribution is 0.0474. The second-order valence-corrected chi connectivity index (χ2v) is 5.41. The van der Waals surface area contributed by atoms with Crippen molar-refractivity contribution in [3.63, 3.8) is 0 Å². The molecular formula is C8H11BrN2O2. The van der Waals surface area contributed by atoms with Gasteiger partial charge in [-0.05, 0) is 19.9 Å². The third-order valence-corrected chi connectivity index (χ3v) is 1.50. The van der Waals surface area contributed by atoms with Crippen molar-refractivity contribution in [2.24, 2.45) is 0 Å². The molecule has 0 aliphatic heterocycles. The van der Waals surface area contributed by atoms with Gasteiger partial charge in [0.05, 0.1) is 4.32 Å². The molecule has 5 heteroatoms. The summed E-state index contributed by atoms with van der Waals surface area (Å²) in [4.78, 5) is 11.2. The number of hydrogen-bond acceptors (Lipinski definition) is 3. The highest BCUT2D eigenvalue weighted by Crippen LogP contribution is 2.16. The molecule has 0 unspecified atom stereocenters. The number of carbonyl (C=O) groups excluding carboxylic acids is 1. The maximum absolute atomic E-state index is 11.2. The van der Waals surface area contributed by atoms with Gasteiger partial charge < -0.3 is 4.74 Å². The molecule has 0 saturated heterocycles. The van der Waals surface area contributed by atoms with Crippen molar-refractivity contribution in [1.82, 2.24) is 10.2 Å². The molecule has 13 heavy (non-hydrogen) atoms. The standard InChI is InChI=1S/C8H11BrN2O2/c1-8(2,9)5-13-7(12)6-3-4-10-11-6/h3-4H,5H2,1-2H3,(H,10,11). The molecule has 0 aromatic carbocycles. The third-order valence-electron chi connectivity index (χ3n) is 1.27. The molecule has 0 spiro atoms. The summed E-state index contributed by atoms with van der Waals surface area (Å²) in [6.07, 6.45) is 1.51. The van der Waals surface area contributed by atoms with E-state index in [1.54, 1.807) is 6.07 Å². The minimum atomic E-state index is -0.384. The Bertz CT molecular complexity index is 277. The number of H-pyrrole nitrogens is 1. The van der Waals surface area contributed by atoms with Crippen LogP contribution in [0.1, 0.15) is 24.3 Å². The number of rotatable bonds is 3. The summed E-state index contributed by atoms with van der Waals surface area (Å²) < 4.78 is 4.80. The van der Waals surface area contributed by atoms with Gasteiger partial charge in [0.15, 0.2) is 0 Å².